The van der Waals surface area contributed by atoms with Crippen LogP contribution in [0, 0.1) is 5.92 Å². The first-order valence-electron chi connectivity index (χ1n) is 8.07. The van der Waals surface area contributed by atoms with E-state index in [2.05, 4.69) is 43.4 Å². The highest BCUT2D eigenvalue weighted by atomic mass is 16.5. The lowest BCUT2D eigenvalue weighted by Gasteiger charge is -2.10. The van der Waals surface area contributed by atoms with E-state index >= 15 is 0 Å². The Bertz CT molecular complexity index is 484. The van der Waals surface area contributed by atoms with Crippen molar-refractivity contribution < 1.29 is 14.6 Å². The van der Waals surface area contributed by atoms with Crippen LogP contribution in [0.5, 0.6) is 0 Å². The fourth-order valence-electron chi connectivity index (χ4n) is 2.75. The summed E-state index contributed by atoms with van der Waals surface area (Å²) in [7, 11) is 1.56. The fraction of sp³-hybridized carbons (Fsp3) is 0.611. The lowest BCUT2D eigenvalue weighted by molar-refractivity contribution is -0.122. The predicted octanol–water partition coefficient (Wildman–Crippen LogP) is 2.43. The van der Waals surface area contributed by atoms with Crippen LogP contribution in [0.2, 0.25) is 0 Å². The molecule has 0 radical (unpaired) electrons. The summed E-state index contributed by atoms with van der Waals surface area (Å²) < 4.78 is 4.86. The van der Waals surface area contributed by atoms with Gasteiger partial charge in [0.05, 0.1) is 12.7 Å². The first-order chi connectivity index (χ1) is 10.5. The van der Waals surface area contributed by atoms with Crippen LogP contribution in [-0.4, -0.2) is 37.4 Å². The molecule has 0 spiro atoms. The third-order valence-electron chi connectivity index (χ3n) is 4.29. The minimum Gasteiger partial charge on any atom is -0.391 e. The molecule has 0 heterocycles. The van der Waals surface area contributed by atoms with Crippen LogP contribution >= 0.6 is 0 Å². The SMILES string of the molecule is COCC(O)CCNC(=O)C1CC1c1ccc(C(C)C)cc1. The maximum Gasteiger partial charge on any atom is 0.223 e. The number of carbonyl (C=O) groups is 1. The maximum atomic E-state index is 12.1. The average Bonchev–Trinajstić information content (AvgIpc) is 3.28. The van der Waals surface area contributed by atoms with Crippen molar-refractivity contribution in [1.82, 2.24) is 5.32 Å². The Kier molecular flexibility index (Phi) is 5.98. The normalized spacial score (nSPS) is 21.7. The number of benzene rings is 1. The minimum atomic E-state index is -0.510. The summed E-state index contributed by atoms with van der Waals surface area (Å²) >= 11 is 0. The Hall–Kier alpha value is -1.39. The van der Waals surface area contributed by atoms with Gasteiger partial charge in [-0.1, -0.05) is 38.1 Å². The van der Waals surface area contributed by atoms with Gasteiger partial charge in [0.15, 0.2) is 0 Å². The fourth-order valence-corrected chi connectivity index (χ4v) is 2.75. The van der Waals surface area contributed by atoms with Crippen molar-refractivity contribution in [2.24, 2.45) is 5.92 Å². The molecule has 1 aliphatic carbocycles. The van der Waals surface area contributed by atoms with Crippen molar-refractivity contribution in [2.75, 3.05) is 20.3 Å². The summed E-state index contributed by atoms with van der Waals surface area (Å²) in [6.07, 6.45) is 0.942. The van der Waals surface area contributed by atoms with E-state index in [1.54, 1.807) is 7.11 Å². The van der Waals surface area contributed by atoms with Crippen molar-refractivity contribution >= 4 is 5.91 Å². The standard InChI is InChI=1S/C18H27NO3/c1-12(2)13-4-6-14(7-5-13)16-10-17(16)18(21)19-9-8-15(20)11-22-3/h4-7,12,15-17,20H,8-11H2,1-3H3,(H,19,21). The third-order valence-corrected chi connectivity index (χ3v) is 4.29. The molecule has 2 N–H and O–H groups in total. The molecule has 1 fully saturated rings. The molecule has 0 saturated heterocycles. The topological polar surface area (TPSA) is 58.6 Å². The Balaban J connectivity index is 1.75. The first-order valence-corrected chi connectivity index (χ1v) is 8.07. The Labute approximate surface area is 132 Å². The van der Waals surface area contributed by atoms with Crippen molar-refractivity contribution in [3.05, 3.63) is 35.4 Å². The molecule has 1 amide bonds. The van der Waals surface area contributed by atoms with Crippen LogP contribution in [-0.2, 0) is 9.53 Å². The number of rotatable bonds is 8. The van der Waals surface area contributed by atoms with Crippen molar-refractivity contribution in [3.63, 3.8) is 0 Å². The molecule has 1 aromatic rings. The Morgan fingerprint density at radius 2 is 2.05 bits per heavy atom. The van der Waals surface area contributed by atoms with Gasteiger partial charge in [0.25, 0.3) is 0 Å². The summed E-state index contributed by atoms with van der Waals surface area (Å²) in [5.41, 5.74) is 2.58. The van der Waals surface area contributed by atoms with Gasteiger partial charge in [0, 0.05) is 19.6 Å². The van der Waals surface area contributed by atoms with Gasteiger partial charge in [-0.05, 0) is 35.8 Å². The maximum absolute atomic E-state index is 12.1. The van der Waals surface area contributed by atoms with E-state index in [0.717, 1.165) is 6.42 Å². The molecule has 3 unspecified atom stereocenters. The molecule has 1 aromatic carbocycles. The first kappa shape index (κ1) is 17.0. The van der Waals surface area contributed by atoms with E-state index in [0.29, 0.717) is 31.4 Å². The third kappa shape index (κ3) is 4.55. The highest BCUT2D eigenvalue weighted by Gasteiger charge is 2.43. The van der Waals surface area contributed by atoms with Gasteiger partial charge in [-0.25, -0.2) is 0 Å². The molecule has 0 bridgehead atoms. The van der Waals surface area contributed by atoms with Gasteiger partial charge in [-0.15, -0.1) is 0 Å². The largest absolute Gasteiger partial charge is 0.391 e. The van der Waals surface area contributed by atoms with E-state index < -0.39 is 6.10 Å². The number of ether oxygens (including phenoxy) is 1. The average molecular weight is 305 g/mol. The Morgan fingerprint density at radius 1 is 1.36 bits per heavy atom. The molecular formula is C18H27NO3. The van der Waals surface area contributed by atoms with E-state index in [1.165, 1.54) is 11.1 Å². The van der Waals surface area contributed by atoms with Gasteiger partial charge in [0.1, 0.15) is 0 Å². The quantitative estimate of drug-likeness (QED) is 0.775. The summed E-state index contributed by atoms with van der Waals surface area (Å²) in [4.78, 5) is 12.1. The van der Waals surface area contributed by atoms with Crippen molar-refractivity contribution in [3.8, 4) is 0 Å². The van der Waals surface area contributed by atoms with E-state index in [1.807, 2.05) is 0 Å². The van der Waals surface area contributed by atoms with Gasteiger partial charge in [0.2, 0.25) is 5.91 Å². The minimum absolute atomic E-state index is 0.0875. The second-order valence-electron chi connectivity index (χ2n) is 6.46. The number of nitrogens with one attached hydrogen (secondary N) is 1. The van der Waals surface area contributed by atoms with E-state index in [-0.39, 0.29) is 11.8 Å². The number of aliphatic hydroxyl groups is 1. The van der Waals surface area contributed by atoms with Gasteiger partial charge < -0.3 is 15.2 Å². The van der Waals surface area contributed by atoms with Crippen LogP contribution in [0.3, 0.4) is 0 Å². The number of amides is 1. The summed E-state index contributed by atoms with van der Waals surface area (Å²) in [6, 6.07) is 8.62. The number of methoxy groups -OCH3 is 1. The van der Waals surface area contributed by atoms with Gasteiger partial charge in [-0.2, -0.15) is 0 Å². The van der Waals surface area contributed by atoms with Crippen LogP contribution in [0.4, 0.5) is 0 Å². The van der Waals surface area contributed by atoms with Gasteiger partial charge in [-0.3, -0.25) is 4.79 Å². The van der Waals surface area contributed by atoms with Crippen LogP contribution in [0.1, 0.15) is 49.7 Å². The summed E-state index contributed by atoms with van der Waals surface area (Å²) in [5, 5.41) is 12.4. The lowest BCUT2D eigenvalue weighted by atomic mass is 10.00. The number of carbonyl (C=O) groups excluding carboxylic acids is 1. The predicted molar refractivity (Wildman–Crippen MR) is 86.9 cm³/mol. The number of hydrogen-bond donors (Lipinski definition) is 2. The summed E-state index contributed by atoms with van der Waals surface area (Å²) in [5.74, 6) is 1.07. The van der Waals surface area contributed by atoms with Crippen molar-refractivity contribution in [2.45, 2.75) is 44.6 Å². The Morgan fingerprint density at radius 3 is 2.64 bits per heavy atom. The van der Waals surface area contributed by atoms with Crippen LogP contribution in [0.15, 0.2) is 24.3 Å². The zero-order valence-corrected chi connectivity index (χ0v) is 13.7. The molecule has 1 aliphatic rings. The highest BCUT2D eigenvalue weighted by Crippen LogP contribution is 2.47. The molecule has 3 atom stereocenters. The number of aliphatic hydroxyl groups excluding tert-OH is 1. The van der Waals surface area contributed by atoms with Crippen LogP contribution < -0.4 is 5.32 Å². The second kappa shape index (κ2) is 7.75. The molecule has 22 heavy (non-hydrogen) atoms. The zero-order valence-electron chi connectivity index (χ0n) is 13.7. The highest BCUT2D eigenvalue weighted by molar-refractivity contribution is 5.82. The van der Waals surface area contributed by atoms with E-state index in [9.17, 15) is 9.90 Å². The van der Waals surface area contributed by atoms with Crippen LogP contribution in [0.25, 0.3) is 0 Å². The molecule has 0 aromatic heterocycles. The van der Waals surface area contributed by atoms with E-state index in [4.69, 9.17) is 4.74 Å². The molecule has 4 nitrogen and oxygen atoms in total. The van der Waals surface area contributed by atoms with Gasteiger partial charge >= 0.3 is 0 Å². The molecule has 2 rings (SSSR count). The second-order valence-corrected chi connectivity index (χ2v) is 6.46. The monoisotopic (exact) mass is 305 g/mol. The molecule has 0 aliphatic heterocycles. The molecule has 1 saturated carbocycles. The van der Waals surface area contributed by atoms with Crippen molar-refractivity contribution in [1.29, 1.82) is 0 Å². The number of hydrogen-bond acceptors (Lipinski definition) is 3. The zero-order chi connectivity index (χ0) is 16.1. The molecule has 122 valence electrons. The lowest BCUT2D eigenvalue weighted by Crippen LogP contribution is -2.29. The smallest absolute Gasteiger partial charge is 0.223 e. The molecule has 4 heteroatoms. The summed E-state index contributed by atoms with van der Waals surface area (Å²) in [6.45, 7) is 5.17. The molecular weight excluding hydrogens is 278 g/mol.